The van der Waals surface area contributed by atoms with Crippen molar-refractivity contribution in [1.82, 2.24) is 5.32 Å². The van der Waals surface area contributed by atoms with Gasteiger partial charge in [-0.1, -0.05) is 43.0 Å². The van der Waals surface area contributed by atoms with Crippen molar-refractivity contribution in [3.63, 3.8) is 0 Å². The lowest BCUT2D eigenvalue weighted by Crippen LogP contribution is -2.35. The Labute approximate surface area is 109 Å². The first-order valence-corrected chi connectivity index (χ1v) is 6.26. The fraction of sp³-hybridized carbons (Fsp3) is 0.429. The van der Waals surface area contributed by atoms with E-state index in [0.717, 1.165) is 23.4 Å². The second kappa shape index (κ2) is 7.34. The average Bonchev–Trinajstić information content (AvgIpc) is 2.34. The highest BCUT2D eigenvalue weighted by molar-refractivity contribution is 6.30. The molecule has 1 aromatic carbocycles. The van der Waals surface area contributed by atoms with Crippen molar-refractivity contribution in [1.29, 1.82) is 0 Å². The molecule has 0 heterocycles. The van der Waals surface area contributed by atoms with Gasteiger partial charge in [0.15, 0.2) is 0 Å². The third-order valence-electron chi connectivity index (χ3n) is 2.67. The molecule has 0 aliphatic carbocycles. The summed E-state index contributed by atoms with van der Waals surface area (Å²) in [5, 5.41) is 4.10. The first-order chi connectivity index (χ1) is 8.21. The fourth-order valence-electron chi connectivity index (χ4n) is 1.77. The summed E-state index contributed by atoms with van der Waals surface area (Å²) in [5.74, 6) is 2.75. The number of benzene rings is 1. The zero-order valence-corrected chi connectivity index (χ0v) is 10.9. The third-order valence-corrected chi connectivity index (χ3v) is 2.90. The van der Waals surface area contributed by atoms with Gasteiger partial charge in [-0.25, -0.2) is 0 Å². The van der Waals surface area contributed by atoms with Gasteiger partial charge in [0.1, 0.15) is 0 Å². The number of terminal acetylenes is 1. The molecule has 0 radical (unpaired) electrons. The summed E-state index contributed by atoms with van der Waals surface area (Å²) < 4.78 is 0. The van der Waals surface area contributed by atoms with E-state index in [-0.39, 0.29) is 12.1 Å². The highest BCUT2D eigenvalue weighted by Crippen LogP contribution is 2.18. The molecule has 3 heteroatoms. The van der Waals surface area contributed by atoms with E-state index in [1.54, 1.807) is 0 Å². The second-order valence-electron chi connectivity index (χ2n) is 4.02. The number of nitrogens with two attached hydrogens (primary N) is 1. The second-order valence-corrected chi connectivity index (χ2v) is 4.45. The van der Waals surface area contributed by atoms with Crippen LogP contribution in [0.4, 0.5) is 0 Å². The highest BCUT2D eigenvalue weighted by Gasteiger charge is 2.13. The molecule has 0 aromatic heterocycles. The van der Waals surface area contributed by atoms with Gasteiger partial charge in [0.25, 0.3) is 0 Å². The van der Waals surface area contributed by atoms with Crippen molar-refractivity contribution in [2.45, 2.75) is 31.8 Å². The topological polar surface area (TPSA) is 38.0 Å². The summed E-state index contributed by atoms with van der Waals surface area (Å²) in [6, 6.07) is 7.83. The Bertz CT molecular complexity index is 384. The monoisotopic (exact) mass is 250 g/mol. The zero-order valence-electron chi connectivity index (χ0n) is 10.1. The van der Waals surface area contributed by atoms with Gasteiger partial charge >= 0.3 is 0 Å². The lowest BCUT2D eigenvalue weighted by atomic mass is 10.0. The Hall–Kier alpha value is -1.01. The molecule has 2 nitrogen and oxygen atoms in total. The maximum Gasteiger partial charge on any atom is 0.0692 e. The predicted molar refractivity (Wildman–Crippen MR) is 73.9 cm³/mol. The molecule has 2 unspecified atom stereocenters. The van der Waals surface area contributed by atoms with Crippen LogP contribution < -0.4 is 11.1 Å². The van der Waals surface area contributed by atoms with Crippen molar-refractivity contribution in [2.75, 3.05) is 6.54 Å². The summed E-state index contributed by atoms with van der Waals surface area (Å²) in [6.07, 6.45) is 7.49. The number of hydrogen-bond acceptors (Lipinski definition) is 2. The summed E-state index contributed by atoms with van der Waals surface area (Å²) in [5.41, 5.74) is 6.86. The van der Waals surface area contributed by atoms with Gasteiger partial charge in [-0.15, -0.1) is 6.42 Å². The van der Waals surface area contributed by atoms with Gasteiger partial charge in [-0.2, -0.15) is 0 Å². The van der Waals surface area contributed by atoms with E-state index in [1.807, 2.05) is 24.3 Å². The maximum absolute atomic E-state index is 5.97. The molecule has 0 fully saturated rings. The van der Waals surface area contributed by atoms with Crippen LogP contribution in [0.5, 0.6) is 0 Å². The third kappa shape index (κ3) is 4.40. The van der Waals surface area contributed by atoms with Crippen LogP contribution in [-0.4, -0.2) is 12.6 Å². The smallest absolute Gasteiger partial charge is 0.0692 e. The summed E-state index contributed by atoms with van der Waals surface area (Å²) in [4.78, 5) is 0. The molecular formula is C14H19ClN2. The highest BCUT2D eigenvalue weighted by atomic mass is 35.5. The molecule has 92 valence electrons. The van der Waals surface area contributed by atoms with E-state index in [0.29, 0.717) is 6.54 Å². The Kier molecular flexibility index (Phi) is 6.07. The fourth-order valence-corrected chi connectivity index (χ4v) is 1.97. The van der Waals surface area contributed by atoms with E-state index in [1.165, 1.54) is 0 Å². The van der Waals surface area contributed by atoms with Crippen molar-refractivity contribution >= 4 is 11.6 Å². The molecule has 17 heavy (non-hydrogen) atoms. The Balaban J connectivity index is 2.75. The minimum absolute atomic E-state index is 0.0568. The molecule has 3 N–H and O–H groups in total. The van der Waals surface area contributed by atoms with E-state index < -0.39 is 0 Å². The Morgan fingerprint density at radius 2 is 2.29 bits per heavy atom. The Morgan fingerprint density at radius 1 is 1.53 bits per heavy atom. The number of halogens is 1. The van der Waals surface area contributed by atoms with E-state index in [4.69, 9.17) is 23.8 Å². The van der Waals surface area contributed by atoms with E-state index >= 15 is 0 Å². The van der Waals surface area contributed by atoms with Crippen LogP contribution in [-0.2, 0) is 0 Å². The molecule has 0 aliphatic heterocycles. The zero-order chi connectivity index (χ0) is 12.7. The van der Waals surface area contributed by atoms with Crippen molar-refractivity contribution in [3.8, 4) is 12.3 Å². The minimum Gasteiger partial charge on any atom is -0.329 e. The summed E-state index contributed by atoms with van der Waals surface area (Å²) in [7, 11) is 0. The maximum atomic E-state index is 5.97. The van der Waals surface area contributed by atoms with Crippen LogP contribution in [0, 0.1) is 12.3 Å². The van der Waals surface area contributed by atoms with Gasteiger partial charge in [0.05, 0.1) is 6.04 Å². The van der Waals surface area contributed by atoms with Crippen molar-refractivity contribution in [2.24, 2.45) is 5.73 Å². The van der Waals surface area contributed by atoms with Crippen LogP contribution in [0.15, 0.2) is 24.3 Å². The van der Waals surface area contributed by atoms with Crippen LogP contribution >= 0.6 is 11.6 Å². The van der Waals surface area contributed by atoms with Crippen molar-refractivity contribution < 1.29 is 0 Å². The van der Waals surface area contributed by atoms with Gasteiger partial charge in [-0.3, -0.25) is 5.32 Å². The summed E-state index contributed by atoms with van der Waals surface area (Å²) >= 11 is 5.97. The van der Waals surface area contributed by atoms with Crippen LogP contribution in [0.3, 0.4) is 0 Å². The number of nitrogens with one attached hydrogen (secondary N) is 1. The molecule has 0 saturated carbocycles. The molecule has 0 saturated heterocycles. The van der Waals surface area contributed by atoms with Crippen molar-refractivity contribution in [3.05, 3.63) is 34.9 Å². The molecule has 1 aromatic rings. The van der Waals surface area contributed by atoms with Gasteiger partial charge < -0.3 is 5.73 Å². The molecule has 0 bridgehead atoms. The lowest BCUT2D eigenvalue weighted by Gasteiger charge is -2.21. The van der Waals surface area contributed by atoms with Gasteiger partial charge in [0.2, 0.25) is 0 Å². The summed E-state index contributed by atoms with van der Waals surface area (Å²) in [6.45, 7) is 2.62. The number of rotatable bonds is 6. The first kappa shape index (κ1) is 14.1. The molecule has 2 atom stereocenters. The van der Waals surface area contributed by atoms with Gasteiger partial charge in [0, 0.05) is 17.6 Å². The molecule has 0 spiro atoms. The van der Waals surface area contributed by atoms with Crippen LogP contribution in [0.2, 0.25) is 5.02 Å². The molecule has 1 rings (SSSR count). The SMILES string of the molecule is C#CC(CCC)NC(CN)c1cccc(Cl)c1. The Morgan fingerprint density at radius 3 is 2.82 bits per heavy atom. The lowest BCUT2D eigenvalue weighted by molar-refractivity contribution is 0.475. The standard InChI is InChI=1S/C14H19ClN2/c1-3-6-13(4-2)17-14(10-16)11-7-5-8-12(15)9-11/h2,5,7-9,13-14,17H,3,6,10,16H2,1H3. The predicted octanol–water partition coefficient (Wildman–Crippen LogP) is 2.73. The van der Waals surface area contributed by atoms with E-state index in [9.17, 15) is 0 Å². The number of hydrogen-bond donors (Lipinski definition) is 2. The van der Waals surface area contributed by atoms with Gasteiger partial charge in [-0.05, 0) is 24.1 Å². The average molecular weight is 251 g/mol. The molecule has 0 aliphatic rings. The quantitative estimate of drug-likeness (QED) is 0.762. The largest absolute Gasteiger partial charge is 0.329 e. The normalized spacial score (nSPS) is 14.0. The van der Waals surface area contributed by atoms with Crippen LogP contribution in [0.1, 0.15) is 31.4 Å². The molecule has 0 amide bonds. The first-order valence-electron chi connectivity index (χ1n) is 5.89. The minimum atomic E-state index is 0.0568. The molecular weight excluding hydrogens is 232 g/mol. The van der Waals surface area contributed by atoms with Crippen LogP contribution in [0.25, 0.3) is 0 Å². The van der Waals surface area contributed by atoms with E-state index in [2.05, 4.69) is 18.2 Å².